The Labute approximate surface area is 222 Å². The zero-order valence-corrected chi connectivity index (χ0v) is 23.7. The third-order valence-corrected chi connectivity index (χ3v) is 8.80. The van der Waals surface area contributed by atoms with Gasteiger partial charge in [-0.3, -0.25) is 14.0 Å². The van der Waals surface area contributed by atoms with E-state index in [4.69, 9.17) is 15.4 Å². The lowest BCUT2D eigenvalue weighted by Crippen LogP contribution is -2.46. The Hall–Kier alpha value is -2.50. The van der Waals surface area contributed by atoms with Crippen LogP contribution in [-0.2, 0) is 20.1 Å². The number of likely N-dealkylation sites (tertiary alicyclic amines) is 1. The number of aliphatic imine (C=N–C) groups is 2. The van der Waals surface area contributed by atoms with Crippen molar-refractivity contribution in [3.05, 3.63) is 22.3 Å². The maximum Gasteiger partial charge on any atom is 0.233 e. The first-order valence-corrected chi connectivity index (χ1v) is 14.0. The van der Waals surface area contributed by atoms with Crippen LogP contribution < -0.4 is 11.2 Å². The Morgan fingerprint density at radius 2 is 1.97 bits per heavy atom. The highest BCUT2D eigenvalue weighted by atomic mass is 32.2. The van der Waals surface area contributed by atoms with Gasteiger partial charge in [-0.15, -0.1) is 0 Å². The minimum Gasteiger partial charge on any atom is -0.323 e. The average Bonchev–Trinajstić information content (AvgIpc) is 3.37. The number of amidine groups is 1. The van der Waals surface area contributed by atoms with Crippen molar-refractivity contribution in [2.45, 2.75) is 78.8 Å². The molecule has 4 N–H and O–H groups in total. The summed E-state index contributed by atoms with van der Waals surface area (Å²) in [6.45, 7) is 10.5. The lowest BCUT2D eigenvalue weighted by Gasteiger charge is -2.37. The minimum atomic E-state index is -1.43. The molecule has 3 rings (SSSR count). The highest BCUT2D eigenvalue weighted by Gasteiger charge is 2.50. The van der Waals surface area contributed by atoms with Crippen LogP contribution in [-0.4, -0.2) is 70.8 Å². The van der Waals surface area contributed by atoms with Crippen molar-refractivity contribution in [3.8, 4) is 0 Å². The van der Waals surface area contributed by atoms with Crippen LogP contribution >= 0.6 is 0 Å². The molecule has 0 bridgehead atoms. The van der Waals surface area contributed by atoms with Gasteiger partial charge in [0.2, 0.25) is 5.91 Å². The van der Waals surface area contributed by atoms with Gasteiger partial charge in [-0.2, -0.15) is 5.10 Å². The van der Waals surface area contributed by atoms with E-state index in [-0.39, 0.29) is 35.9 Å². The predicted molar refractivity (Wildman–Crippen MR) is 150 cm³/mol. The summed E-state index contributed by atoms with van der Waals surface area (Å²) in [7, 11) is 1.66. The van der Waals surface area contributed by atoms with Crippen LogP contribution in [0.3, 0.4) is 0 Å². The van der Waals surface area contributed by atoms with E-state index in [0.717, 1.165) is 43.4 Å². The van der Waals surface area contributed by atoms with Crippen molar-refractivity contribution < 1.29 is 13.2 Å². The number of nitrogens with one attached hydrogen (secondary N) is 2. The van der Waals surface area contributed by atoms with Crippen molar-refractivity contribution in [1.82, 2.24) is 10.2 Å². The number of hydrazone groups is 1. The molecule has 37 heavy (non-hydrogen) atoms. The molecule has 1 amide bonds. The molecule has 11 heteroatoms. The summed E-state index contributed by atoms with van der Waals surface area (Å²) in [6.07, 6.45) is 7.61. The van der Waals surface area contributed by atoms with Crippen LogP contribution in [0.4, 0.5) is 0 Å². The van der Waals surface area contributed by atoms with E-state index in [1.807, 2.05) is 27.7 Å². The number of carbonyl (C=O) groups excluding carboxylic acids is 1. The van der Waals surface area contributed by atoms with Gasteiger partial charge in [-0.25, -0.2) is 9.20 Å². The Kier molecular flexibility index (Phi) is 9.71. The minimum absolute atomic E-state index is 0.148. The summed E-state index contributed by atoms with van der Waals surface area (Å²) < 4.78 is 17.1. The van der Waals surface area contributed by atoms with E-state index in [9.17, 15) is 9.00 Å². The van der Waals surface area contributed by atoms with E-state index < -0.39 is 11.1 Å². The Morgan fingerprint density at radius 1 is 1.30 bits per heavy atom. The van der Waals surface area contributed by atoms with Gasteiger partial charge in [0.25, 0.3) is 0 Å². The van der Waals surface area contributed by atoms with Gasteiger partial charge in [-0.1, -0.05) is 13.8 Å². The molecule has 0 aromatic rings. The second kappa shape index (κ2) is 12.4. The molecule has 0 radical (unpaired) electrons. The van der Waals surface area contributed by atoms with E-state index in [0.29, 0.717) is 28.7 Å². The quantitative estimate of drug-likeness (QED) is 0.191. The average molecular weight is 532 g/mol. The molecule has 2 fully saturated rings. The molecule has 0 aromatic carbocycles. The first-order chi connectivity index (χ1) is 17.5. The van der Waals surface area contributed by atoms with E-state index >= 15 is 0 Å². The number of allylic oxidation sites excluding steroid dienone is 1. The fraction of sp³-hybridized carbons (Fsp3) is 0.654. The molecule has 0 aromatic heterocycles. The van der Waals surface area contributed by atoms with Crippen LogP contribution in [0, 0.1) is 16.7 Å². The number of rotatable bonds is 8. The van der Waals surface area contributed by atoms with Crippen molar-refractivity contribution in [3.63, 3.8) is 0 Å². The topological polar surface area (TPSA) is 146 Å². The number of amides is 1. The molecule has 2 aliphatic heterocycles. The lowest BCUT2D eigenvalue weighted by atomic mass is 9.71. The Morgan fingerprint density at radius 3 is 2.51 bits per heavy atom. The number of nitrogens with zero attached hydrogens (tertiary/aromatic N) is 4. The standard InChI is InChI=1S/C26H41N7O3S/c1-16(2)21(32-28)14-30-23(29-6)13-17(3)24(27)18(4)31-20-7-9-26(10-8-20)11-12-33(25(26)34)22-15-36-37(35)19(22)5/h13-14,16,18,20,27,31H,7-12,15,28H2,1-6H3. The molecule has 2 atom stereocenters. The van der Waals surface area contributed by atoms with Crippen molar-refractivity contribution in [2.24, 2.45) is 32.3 Å². The van der Waals surface area contributed by atoms with Gasteiger partial charge < -0.3 is 21.5 Å². The van der Waals surface area contributed by atoms with Crippen molar-refractivity contribution in [1.29, 1.82) is 5.41 Å². The van der Waals surface area contributed by atoms with Gasteiger partial charge in [-0.05, 0) is 70.4 Å². The highest BCUT2D eigenvalue weighted by Crippen LogP contribution is 2.46. The molecule has 2 heterocycles. The number of nitrogens with two attached hydrogens (primary N) is 1. The zero-order chi connectivity index (χ0) is 27.3. The first kappa shape index (κ1) is 29.1. The summed E-state index contributed by atoms with van der Waals surface area (Å²) in [5.74, 6) is 6.23. The first-order valence-electron chi connectivity index (χ1n) is 12.9. The third kappa shape index (κ3) is 6.50. The zero-order valence-electron chi connectivity index (χ0n) is 22.8. The second-order valence-electron chi connectivity index (χ2n) is 10.4. The molecule has 10 nitrogen and oxygen atoms in total. The number of hydrogen-bond donors (Lipinski definition) is 3. The lowest BCUT2D eigenvalue weighted by molar-refractivity contribution is -0.136. The van der Waals surface area contributed by atoms with Gasteiger partial charge in [0.15, 0.2) is 11.1 Å². The van der Waals surface area contributed by atoms with Gasteiger partial charge in [0, 0.05) is 25.7 Å². The third-order valence-electron chi connectivity index (χ3n) is 7.73. The summed E-state index contributed by atoms with van der Waals surface area (Å²) in [4.78, 5) is 24.4. The van der Waals surface area contributed by atoms with Gasteiger partial charge >= 0.3 is 0 Å². The molecule has 1 saturated heterocycles. The summed E-state index contributed by atoms with van der Waals surface area (Å²) in [5.41, 5.74) is 2.37. The SMILES string of the molecule is CN=C(C=C(C)C(=N)C(C)NC1CCC2(CC1)CCN(C1=C(C)S(=O)OC1)C2=O)N=CC(=NN)C(C)C. The van der Waals surface area contributed by atoms with Crippen molar-refractivity contribution in [2.75, 3.05) is 20.2 Å². The van der Waals surface area contributed by atoms with Crippen LogP contribution in [0.2, 0.25) is 0 Å². The molecule has 1 spiro atoms. The van der Waals surface area contributed by atoms with E-state index in [1.165, 1.54) is 0 Å². The van der Waals surface area contributed by atoms with Crippen LogP contribution in [0.1, 0.15) is 66.7 Å². The molecule has 2 unspecified atom stereocenters. The maximum absolute atomic E-state index is 13.4. The molecule has 204 valence electrons. The smallest absolute Gasteiger partial charge is 0.233 e. The summed E-state index contributed by atoms with van der Waals surface area (Å²) >= 11 is -1.43. The second-order valence-corrected chi connectivity index (χ2v) is 11.8. The Balaban J connectivity index is 1.56. The monoisotopic (exact) mass is 531 g/mol. The van der Waals surface area contributed by atoms with Gasteiger partial charge in [0.05, 0.1) is 33.7 Å². The Bertz CT molecular complexity index is 1080. The predicted octanol–water partition coefficient (Wildman–Crippen LogP) is 3.09. The molecule has 1 aliphatic carbocycles. The summed E-state index contributed by atoms with van der Waals surface area (Å²) in [6, 6.07) is 0.0917. The van der Waals surface area contributed by atoms with Crippen LogP contribution in [0.25, 0.3) is 0 Å². The van der Waals surface area contributed by atoms with Crippen LogP contribution in [0.5, 0.6) is 0 Å². The largest absolute Gasteiger partial charge is 0.323 e. The molecular formula is C26H41N7O3S. The van der Waals surface area contributed by atoms with E-state index in [1.54, 1.807) is 31.2 Å². The normalized spacial score (nSPS) is 28.9. The highest BCUT2D eigenvalue weighted by molar-refractivity contribution is 7.84. The fourth-order valence-corrected chi connectivity index (χ4v) is 5.97. The van der Waals surface area contributed by atoms with Gasteiger partial charge in [0.1, 0.15) is 12.4 Å². The summed E-state index contributed by atoms with van der Waals surface area (Å²) in [5, 5.41) is 16.0. The fourth-order valence-electron chi connectivity index (χ4n) is 5.22. The number of hydrogen-bond acceptors (Lipinski definition) is 8. The van der Waals surface area contributed by atoms with E-state index in [2.05, 4.69) is 20.4 Å². The van der Waals surface area contributed by atoms with Crippen LogP contribution in [0.15, 0.2) is 37.3 Å². The number of carbonyl (C=O) groups is 1. The van der Waals surface area contributed by atoms with Crippen molar-refractivity contribution >= 4 is 40.5 Å². The molecule has 1 saturated carbocycles. The molecule has 3 aliphatic rings. The molecular weight excluding hydrogens is 490 g/mol. The maximum atomic E-state index is 13.4.